The Hall–Kier alpha value is -0.300. The van der Waals surface area contributed by atoms with E-state index < -0.39 is 0 Å². The third kappa shape index (κ3) is 5.70. The predicted molar refractivity (Wildman–Crippen MR) is 37.4 cm³/mol. The molecule has 0 aliphatic heterocycles. The van der Waals surface area contributed by atoms with Crippen molar-refractivity contribution in [2.45, 2.75) is 19.3 Å². The van der Waals surface area contributed by atoms with Crippen LogP contribution in [-0.4, -0.2) is 7.05 Å². The Morgan fingerprint density at radius 2 is 2.25 bits per heavy atom. The first-order chi connectivity index (χ1) is 3.91. The summed E-state index contributed by atoms with van der Waals surface area (Å²) in [5.41, 5.74) is 0. The summed E-state index contributed by atoms with van der Waals surface area (Å²) in [5, 5.41) is 2.97. The van der Waals surface area contributed by atoms with Crippen molar-refractivity contribution in [3.8, 4) is 0 Å². The topological polar surface area (TPSA) is 12.0 Å². The molecule has 0 saturated carbocycles. The molecule has 0 aromatic heterocycles. The van der Waals surface area contributed by atoms with Crippen molar-refractivity contribution in [3.05, 3.63) is 19.2 Å². The normalized spacial score (nSPS) is 9.12. The number of unbranched alkanes of at least 4 members (excludes halogenated alkanes) is 2. The molecule has 8 heavy (non-hydrogen) atoms. The van der Waals surface area contributed by atoms with E-state index in [1.54, 1.807) is 0 Å². The van der Waals surface area contributed by atoms with E-state index in [1.165, 1.54) is 6.42 Å². The molecule has 0 amide bonds. The largest absolute Gasteiger partial charge is 0.315 e. The molecule has 0 aliphatic carbocycles. The van der Waals surface area contributed by atoms with Gasteiger partial charge in [-0.2, -0.15) is 0 Å². The average Bonchev–Trinajstić information content (AvgIpc) is 1.81. The van der Waals surface area contributed by atoms with Gasteiger partial charge in [-0.1, -0.05) is 6.08 Å². The smallest absolute Gasteiger partial charge is 0.0218 e. The van der Waals surface area contributed by atoms with Crippen LogP contribution in [0.1, 0.15) is 19.3 Å². The van der Waals surface area contributed by atoms with Crippen LogP contribution < -0.4 is 5.32 Å². The highest BCUT2D eigenvalue weighted by Gasteiger charge is 1.81. The van der Waals surface area contributed by atoms with Gasteiger partial charge in [-0.15, -0.1) is 6.58 Å². The van der Waals surface area contributed by atoms with Crippen LogP contribution in [0.5, 0.6) is 0 Å². The summed E-state index contributed by atoms with van der Waals surface area (Å²) in [5.74, 6) is 0. The second kappa shape index (κ2) is 6.70. The average molecular weight is 112 g/mol. The number of hydrogen-bond acceptors (Lipinski definition) is 1. The van der Waals surface area contributed by atoms with E-state index in [9.17, 15) is 0 Å². The minimum atomic E-state index is 1.12. The lowest BCUT2D eigenvalue weighted by molar-refractivity contribution is 0.767. The zero-order valence-electron chi connectivity index (χ0n) is 5.48. The first-order valence-corrected chi connectivity index (χ1v) is 3.01. The lowest BCUT2D eigenvalue weighted by atomic mass is 10.2. The SMILES string of the molecule is C=CCCC[CH]NC. The molecule has 47 valence electrons. The Morgan fingerprint density at radius 1 is 1.50 bits per heavy atom. The monoisotopic (exact) mass is 112 g/mol. The molecule has 1 radical (unpaired) electrons. The Balaban J connectivity index is 2.62. The highest BCUT2D eigenvalue weighted by molar-refractivity contribution is 4.68. The third-order valence-electron chi connectivity index (χ3n) is 0.961. The molecule has 0 aromatic carbocycles. The molecule has 1 N–H and O–H groups in total. The Bertz CT molecular complexity index is 50.3. The molecule has 0 fully saturated rings. The van der Waals surface area contributed by atoms with Crippen molar-refractivity contribution < 1.29 is 0 Å². The first kappa shape index (κ1) is 7.70. The molecular formula is C7H14N. The Labute approximate surface area is 51.8 Å². The predicted octanol–water partition coefficient (Wildman–Crippen LogP) is 1.72. The molecule has 0 aliphatic rings. The van der Waals surface area contributed by atoms with Crippen LogP contribution in [0.4, 0.5) is 0 Å². The minimum absolute atomic E-state index is 1.12. The van der Waals surface area contributed by atoms with Crippen LogP contribution in [0.3, 0.4) is 0 Å². The maximum Gasteiger partial charge on any atom is 0.0218 e. The molecule has 1 nitrogen and oxygen atoms in total. The summed E-state index contributed by atoms with van der Waals surface area (Å²) in [6, 6.07) is 0. The van der Waals surface area contributed by atoms with Gasteiger partial charge < -0.3 is 5.32 Å². The molecule has 0 aromatic rings. The van der Waals surface area contributed by atoms with Crippen molar-refractivity contribution in [1.82, 2.24) is 5.32 Å². The summed E-state index contributed by atoms with van der Waals surface area (Å²) in [6.45, 7) is 5.68. The first-order valence-electron chi connectivity index (χ1n) is 3.01. The van der Waals surface area contributed by atoms with E-state index in [1.807, 2.05) is 13.1 Å². The lowest BCUT2D eigenvalue weighted by Crippen LogP contribution is -1.99. The summed E-state index contributed by atoms with van der Waals surface area (Å²) in [7, 11) is 1.92. The summed E-state index contributed by atoms with van der Waals surface area (Å²) in [4.78, 5) is 0. The Morgan fingerprint density at radius 3 is 2.75 bits per heavy atom. The zero-order chi connectivity index (χ0) is 6.24. The third-order valence-corrected chi connectivity index (χ3v) is 0.961. The summed E-state index contributed by atoms with van der Waals surface area (Å²) in [6.07, 6.45) is 5.43. The second-order valence-electron chi connectivity index (χ2n) is 1.71. The van der Waals surface area contributed by atoms with Crippen molar-refractivity contribution >= 4 is 0 Å². The van der Waals surface area contributed by atoms with Crippen LogP contribution in [0.15, 0.2) is 12.7 Å². The van der Waals surface area contributed by atoms with E-state index in [0.717, 1.165) is 12.8 Å². The highest BCUT2D eigenvalue weighted by atomic mass is 14.8. The second-order valence-corrected chi connectivity index (χ2v) is 1.71. The number of hydrogen-bond donors (Lipinski definition) is 1. The Kier molecular flexibility index (Phi) is 6.45. The van der Waals surface area contributed by atoms with Gasteiger partial charge in [0.25, 0.3) is 0 Å². The van der Waals surface area contributed by atoms with E-state index in [0.29, 0.717) is 0 Å². The maximum atomic E-state index is 3.62. The molecule has 0 heterocycles. The van der Waals surface area contributed by atoms with Crippen LogP contribution in [-0.2, 0) is 0 Å². The van der Waals surface area contributed by atoms with E-state index in [2.05, 4.69) is 18.4 Å². The molecule has 1 heteroatoms. The fourth-order valence-corrected chi connectivity index (χ4v) is 0.509. The number of rotatable bonds is 5. The summed E-state index contributed by atoms with van der Waals surface area (Å²) >= 11 is 0. The molecule has 0 bridgehead atoms. The van der Waals surface area contributed by atoms with Crippen LogP contribution >= 0.6 is 0 Å². The van der Waals surface area contributed by atoms with Gasteiger partial charge in [-0.3, -0.25) is 0 Å². The van der Waals surface area contributed by atoms with Gasteiger partial charge in [0, 0.05) is 6.54 Å². The van der Waals surface area contributed by atoms with Crippen LogP contribution in [0, 0.1) is 6.54 Å². The van der Waals surface area contributed by atoms with Crippen LogP contribution in [0.25, 0.3) is 0 Å². The molecule has 0 unspecified atom stereocenters. The maximum absolute atomic E-state index is 3.62. The molecule has 0 rings (SSSR count). The van der Waals surface area contributed by atoms with Gasteiger partial charge in [-0.25, -0.2) is 0 Å². The molecule has 0 spiro atoms. The van der Waals surface area contributed by atoms with Crippen molar-refractivity contribution in [2.24, 2.45) is 0 Å². The van der Waals surface area contributed by atoms with E-state index in [-0.39, 0.29) is 0 Å². The van der Waals surface area contributed by atoms with Crippen LogP contribution in [0.2, 0.25) is 0 Å². The minimum Gasteiger partial charge on any atom is -0.315 e. The lowest BCUT2D eigenvalue weighted by Gasteiger charge is -1.93. The van der Waals surface area contributed by atoms with Gasteiger partial charge in [0.2, 0.25) is 0 Å². The standard InChI is InChI=1S/C7H14N/c1-3-4-5-6-7-8-2/h3,7-8H,1,4-6H2,2H3. The fourth-order valence-electron chi connectivity index (χ4n) is 0.509. The molecule has 0 saturated heterocycles. The highest BCUT2D eigenvalue weighted by Crippen LogP contribution is 1.95. The van der Waals surface area contributed by atoms with Crippen molar-refractivity contribution in [2.75, 3.05) is 7.05 Å². The quantitative estimate of drug-likeness (QED) is 0.422. The summed E-state index contributed by atoms with van der Waals surface area (Å²) < 4.78 is 0. The molecule has 0 atom stereocenters. The molecular weight excluding hydrogens is 98.1 g/mol. The van der Waals surface area contributed by atoms with Crippen molar-refractivity contribution in [1.29, 1.82) is 0 Å². The van der Waals surface area contributed by atoms with Crippen molar-refractivity contribution in [3.63, 3.8) is 0 Å². The van der Waals surface area contributed by atoms with Gasteiger partial charge >= 0.3 is 0 Å². The zero-order valence-corrected chi connectivity index (χ0v) is 5.48. The van der Waals surface area contributed by atoms with E-state index >= 15 is 0 Å². The fraction of sp³-hybridized carbons (Fsp3) is 0.571. The van der Waals surface area contributed by atoms with Gasteiger partial charge in [-0.05, 0) is 26.3 Å². The van der Waals surface area contributed by atoms with Gasteiger partial charge in [0.15, 0.2) is 0 Å². The van der Waals surface area contributed by atoms with Gasteiger partial charge in [0.05, 0.1) is 0 Å². The number of nitrogens with one attached hydrogen (secondary N) is 1. The van der Waals surface area contributed by atoms with E-state index in [4.69, 9.17) is 0 Å². The van der Waals surface area contributed by atoms with Gasteiger partial charge in [0.1, 0.15) is 0 Å². The number of allylic oxidation sites excluding steroid dienone is 1.